The summed E-state index contributed by atoms with van der Waals surface area (Å²) in [5.41, 5.74) is 8.87. The third-order valence-corrected chi connectivity index (χ3v) is 7.01. The standard InChI is InChI=1S/C25H29N3S/c1-6-18(4)20-13-28(15-29-24-12-17(3)8-10-22(24)26-5)14-23-25(20)19-11-16(2)7-9-21(19)27-23/h7-12,20,27H,4-6,13-15H2,1-3H3. The van der Waals surface area contributed by atoms with Crippen molar-refractivity contribution in [3.8, 4) is 0 Å². The Bertz CT molecular complexity index is 1080. The number of aryl methyl sites for hydroxylation is 2. The molecule has 0 radical (unpaired) electrons. The first-order chi connectivity index (χ1) is 14.0. The van der Waals surface area contributed by atoms with Crippen LogP contribution >= 0.6 is 11.8 Å². The molecule has 1 aliphatic rings. The molecule has 0 spiro atoms. The third-order valence-electron chi connectivity index (χ3n) is 5.88. The summed E-state index contributed by atoms with van der Waals surface area (Å²) in [4.78, 5) is 11.6. The summed E-state index contributed by atoms with van der Waals surface area (Å²) < 4.78 is 0. The Morgan fingerprint density at radius 2 is 1.97 bits per heavy atom. The molecule has 0 fully saturated rings. The van der Waals surface area contributed by atoms with Crippen molar-refractivity contribution in [3.05, 3.63) is 70.9 Å². The highest BCUT2D eigenvalue weighted by Gasteiger charge is 2.30. The zero-order valence-corrected chi connectivity index (χ0v) is 18.4. The van der Waals surface area contributed by atoms with Crippen molar-refractivity contribution < 1.29 is 0 Å². The molecule has 4 heteroatoms. The highest BCUT2D eigenvalue weighted by atomic mass is 32.2. The molecule has 2 heterocycles. The van der Waals surface area contributed by atoms with Gasteiger partial charge in [0, 0.05) is 46.4 Å². The fourth-order valence-corrected chi connectivity index (χ4v) is 5.32. The molecular formula is C25H29N3S. The van der Waals surface area contributed by atoms with Crippen molar-refractivity contribution in [2.75, 3.05) is 12.4 Å². The van der Waals surface area contributed by atoms with Crippen LogP contribution in [0, 0.1) is 13.8 Å². The molecule has 2 aromatic carbocycles. The van der Waals surface area contributed by atoms with Gasteiger partial charge >= 0.3 is 0 Å². The molecule has 0 aliphatic carbocycles. The number of fused-ring (bicyclic) bond motifs is 3. The number of benzene rings is 2. The molecule has 29 heavy (non-hydrogen) atoms. The molecule has 1 unspecified atom stereocenters. The van der Waals surface area contributed by atoms with E-state index < -0.39 is 0 Å². The maximum absolute atomic E-state index is 4.43. The van der Waals surface area contributed by atoms with Gasteiger partial charge in [-0.1, -0.05) is 36.8 Å². The first-order valence-corrected chi connectivity index (χ1v) is 11.2. The van der Waals surface area contributed by atoms with Gasteiger partial charge in [-0.05, 0) is 62.4 Å². The molecule has 0 saturated heterocycles. The summed E-state index contributed by atoms with van der Waals surface area (Å²) in [6, 6.07) is 13.1. The minimum absolute atomic E-state index is 0.370. The SMILES string of the molecule is C=Nc1ccc(C)cc1SCN1Cc2[nH]c3ccc(C)cc3c2C(C(=C)CC)C1. The first kappa shape index (κ1) is 20.0. The smallest absolute Gasteiger partial charge is 0.0758 e. The molecule has 150 valence electrons. The Kier molecular flexibility index (Phi) is 5.66. The van der Waals surface area contributed by atoms with Crippen molar-refractivity contribution in [1.82, 2.24) is 9.88 Å². The quantitative estimate of drug-likeness (QED) is 0.281. The number of thioether (sulfide) groups is 1. The molecule has 3 nitrogen and oxygen atoms in total. The van der Waals surface area contributed by atoms with Crippen LogP contribution in [-0.2, 0) is 6.54 Å². The van der Waals surface area contributed by atoms with Crippen LogP contribution in [0.25, 0.3) is 10.9 Å². The first-order valence-electron chi connectivity index (χ1n) is 10.2. The summed E-state index contributed by atoms with van der Waals surface area (Å²) in [5, 5.41) is 1.36. The molecule has 0 saturated carbocycles. The van der Waals surface area contributed by atoms with Gasteiger partial charge in [0.1, 0.15) is 0 Å². The van der Waals surface area contributed by atoms with Crippen molar-refractivity contribution in [1.29, 1.82) is 0 Å². The van der Waals surface area contributed by atoms with E-state index in [1.807, 2.05) is 11.8 Å². The minimum Gasteiger partial charge on any atom is -0.357 e. The fourth-order valence-electron chi connectivity index (χ4n) is 4.25. The highest BCUT2D eigenvalue weighted by Crippen LogP contribution is 2.40. The molecule has 0 bridgehead atoms. The lowest BCUT2D eigenvalue weighted by atomic mass is 9.85. The molecule has 1 aliphatic heterocycles. The normalized spacial score (nSPS) is 16.7. The Morgan fingerprint density at radius 3 is 2.72 bits per heavy atom. The molecule has 1 atom stereocenters. The number of aromatic amines is 1. The average molecular weight is 404 g/mol. The number of aromatic nitrogens is 1. The van der Waals surface area contributed by atoms with Gasteiger partial charge < -0.3 is 4.98 Å². The molecule has 0 amide bonds. The molecule has 3 aromatic rings. The number of rotatable bonds is 6. The van der Waals surface area contributed by atoms with Crippen LogP contribution < -0.4 is 0 Å². The van der Waals surface area contributed by atoms with Gasteiger partial charge in [0.15, 0.2) is 0 Å². The topological polar surface area (TPSA) is 31.4 Å². The van der Waals surface area contributed by atoms with E-state index in [1.165, 1.54) is 43.8 Å². The van der Waals surface area contributed by atoms with E-state index in [0.29, 0.717) is 5.92 Å². The largest absolute Gasteiger partial charge is 0.357 e. The summed E-state index contributed by atoms with van der Waals surface area (Å²) in [5.74, 6) is 1.29. The summed E-state index contributed by atoms with van der Waals surface area (Å²) in [6.45, 7) is 16.6. The average Bonchev–Trinajstić information content (AvgIpc) is 3.08. The van der Waals surface area contributed by atoms with Crippen molar-refractivity contribution in [2.24, 2.45) is 4.99 Å². The number of nitrogens with one attached hydrogen (secondary N) is 1. The Morgan fingerprint density at radius 1 is 1.21 bits per heavy atom. The van der Waals surface area contributed by atoms with Crippen LogP contribution in [0.15, 0.2) is 58.4 Å². The zero-order valence-electron chi connectivity index (χ0n) is 17.6. The lowest BCUT2D eigenvalue weighted by Crippen LogP contribution is -2.33. The van der Waals surface area contributed by atoms with Gasteiger partial charge in [-0.3, -0.25) is 9.89 Å². The fraction of sp³-hybridized carbons (Fsp3) is 0.320. The molecule has 4 rings (SSSR count). The lowest BCUT2D eigenvalue weighted by Gasteiger charge is -2.34. The van der Waals surface area contributed by atoms with Gasteiger partial charge in [-0.2, -0.15) is 0 Å². The van der Waals surface area contributed by atoms with Crippen LogP contribution in [-0.4, -0.2) is 29.0 Å². The molecule has 1 N–H and O–H groups in total. The van der Waals surface area contributed by atoms with E-state index in [1.54, 1.807) is 0 Å². The van der Waals surface area contributed by atoms with Crippen LogP contribution in [0.3, 0.4) is 0 Å². The summed E-state index contributed by atoms with van der Waals surface area (Å²) in [7, 11) is 0. The Labute approximate surface area is 177 Å². The predicted octanol–water partition coefficient (Wildman–Crippen LogP) is 6.73. The second-order valence-electron chi connectivity index (χ2n) is 8.04. The van der Waals surface area contributed by atoms with Gasteiger partial charge in [0.05, 0.1) is 5.69 Å². The third kappa shape index (κ3) is 3.92. The number of hydrogen-bond acceptors (Lipinski definition) is 3. The van der Waals surface area contributed by atoms with Crippen LogP contribution in [0.5, 0.6) is 0 Å². The Hall–Kier alpha value is -2.30. The summed E-state index contributed by atoms with van der Waals surface area (Å²) in [6.07, 6.45) is 1.01. The second kappa shape index (κ2) is 8.21. The van der Waals surface area contributed by atoms with Gasteiger partial charge in [-0.15, -0.1) is 11.8 Å². The number of aliphatic imine (C=N–C) groups is 1. The number of nitrogens with zero attached hydrogens (tertiary/aromatic N) is 2. The maximum Gasteiger partial charge on any atom is 0.0758 e. The predicted molar refractivity (Wildman–Crippen MR) is 127 cm³/mol. The van der Waals surface area contributed by atoms with E-state index in [9.17, 15) is 0 Å². The molecular weight excluding hydrogens is 374 g/mol. The van der Waals surface area contributed by atoms with E-state index in [2.05, 4.69) is 85.3 Å². The monoisotopic (exact) mass is 403 g/mol. The lowest BCUT2D eigenvalue weighted by molar-refractivity contribution is 0.278. The van der Waals surface area contributed by atoms with Crippen molar-refractivity contribution in [3.63, 3.8) is 0 Å². The number of hydrogen-bond donors (Lipinski definition) is 1. The summed E-state index contributed by atoms with van der Waals surface area (Å²) >= 11 is 1.85. The van der Waals surface area contributed by atoms with Crippen molar-refractivity contribution >= 4 is 35.1 Å². The van der Waals surface area contributed by atoms with Crippen LogP contribution in [0.1, 0.15) is 41.6 Å². The van der Waals surface area contributed by atoms with Gasteiger partial charge in [0.2, 0.25) is 0 Å². The van der Waals surface area contributed by atoms with E-state index in [4.69, 9.17) is 0 Å². The second-order valence-corrected chi connectivity index (χ2v) is 9.03. The minimum atomic E-state index is 0.370. The van der Waals surface area contributed by atoms with E-state index in [0.717, 1.165) is 31.1 Å². The number of H-pyrrole nitrogens is 1. The zero-order chi connectivity index (χ0) is 20.5. The van der Waals surface area contributed by atoms with Gasteiger partial charge in [0.25, 0.3) is 0 Å². The highest BCUT2D eigenvalue weighted by molar-refractivity contribution is 7.99. The maximum atomic E-state index is 4.43. The van der Waals surface area contributed by atoms with E-state index >= 15 is 0 Å². The van der Waals surface area contributed by atoms with Gasteiger partial charge in [-0.25, -0.2) is 0 Å². The Balaban J connectivity index is 1.63. The van der Waals surface area contributed by atoms with Crippen LogP contribution in [0.4, 0.5) is 5.69 Å². The van der Waals surface area contributed by atoms with Crippen LogP contribution in [0.2, 0.25) is 0 Å². The van der Waals surface area contributed by atoms with Crippen molar-refractivity contribution in [2.45, 2.75) is 44.6 Å². The molecule has 1 aromatic heterocycles. The van der Waals surface area contributed by atoms with E-state index in [-0.39, 0.29) is 0 Å².